The van der Waals surface area contributed by atoms with E-state index < -0.39 is 35.7 Å². The molecule has 0 spiro atoms. The van der Waals surface area contributed by atoms with Crippen LogP contribution < -0.4 is 10.6 Å². The largest absolute Gasteiger partial charge is 0.480 e. The molecule has 2 amide bonds. The summed E-state index contributed by atoms with van der Waals surface area (Å²) in [4.78, 5) is 36.4. The molecule has 2 unspecified atom stereocenters. The second-order valence-corrected chi connectivity index (χ2v) is 8.76. The molecule has 2 atom stereocenters. The lowest BCUT2D eigenvalue weighted by Crippen LogP contribution is -2.52. The summed E-state index contributed by atoms with van der Waals surface area (Å²) in [5.74, 6) is -1.90. The Morgan fingerprint density at radius 1 is 1.00 bits per heavy atom. The summed E-state index contributed by atoms with van der Waals surface area (Å²) in [5.41, 5.74) is 3.67. The average molecular weight is 455 g/mol. The molecule has 33 heavy (non-hydrogen) atoms. The van der Waals surface area contributed by atoms with E-state index in [2.05, 4.69) is 10.6 Å². The van der Waals surface area contributed by atoms with Gasteiger partial charge >= 0.3 is 12.1 Å². The molecule has 0 radical (unpaired) electrons. The number of ether oxygens (including phenoxy) is 2. The van der Waals surface area contributed by atoms with Crippen molar-refractivity contribution in [1.29, 1.82) is 0 Å². The fourth-order valence-electron chi connectivity index (χ4n) is 3.95. The number of carboxylic acid groups (broad SMARTS) is 1. The normalized spacial score (nSPS) is 14.5. The zero-order valence-electron chi connectivity index (χ0n) is 19.3. The van der Waals surface area contributed by atoms with Crippen LogP contribution in [-0.2, 0) is 19.1 Å². The monoisotopic (exact) mass is 454 g/mol. The Hall–Kier alpha value is -3.39. The molecule has 3 rings (SSSR count). The van der Waals surface area contributed by atoms with Crippen LogP contribution >= 0.6 is 0 Å². The summed E-state index contributed by atoms with van der Waals surface area (Å²) in [6.45, 7) is 5.05. The molecule has 176 valence electrons. The van der Waals surface area contributed by atoms with Crippen LogP contribution in [0.2, 0.25) is 0 Å². The second-order valence-electron chi connectivity index (χ2n) is 8.76. The highest BCUT2D eigenvalue weighted by molar-refractivity contribution is 5.89. The SMILES string of the molecule is COC(C)(C)CC(NC(=O)C(C)NC(=O)OCC1c2ccccc2-c2ccccc21)C(=O)O. The van der Waals surface area contributed by atoms with Crippen molar-refractivity contribution in [3.63, 3.8) is 0 Å². The maximum atomic E-state index is 12.5. The van der Waals surface area contributed by atoms with Crippen molar-refractivity contribution in [3.8, 4) is 11.1 Å². The Labute approximate surface area is 193 Å². The standard InChI is InChI=1S/C25H30N2O6/c1-15(22(28)27-21(23(29)30)13-25(2,3)32-4)26-24(31)33-14-20-18-11-7-5-9-16(18)17-10-6-8-12-19(17)20/h5-12,15,20-21H,13-14H2,1-4H3,(H,26,31)(H,27,28)(H,29,30). The Morgan fingerprint density at radius 2 is 1.55 bits per heavy atom. The van der Waals surface area contributed by atoms with Gasteiger partial charge in [-0.15, -0.1) is 0 Å². The highest BCUT2D eigenvalue weighted by Crippen LogP contribution is 2.44. The number of rotatable bonds is 9. The minimum Gasteiger partial charge on any atom is -0.480 e. The van der Waals surface area contributed by atoms with Crippen molar-refractivity contribution >= 4 is 18.0 Å². The van der Waals surface area contributed by atoms with Gasteiger partial charge in [0.1, 0.15) is 18.7 Å². The smallest absolute Gasteiger partial charge is 0.407 e. The molecular formula is C25H30N2O6. The van der Waals surface area contributed by atoms with Gasteiger partial charge in [0.05, 0.1) is 5.60 Å². The number of nitrogens with one attached hydrogen (secondary N) is 2. The van der Waals surface area contributed by atoms with E-state index in [4.69, 9.17) is 9.47 Å². The number of hydrogen-bond donors (Lipinski definition) is 3. The molecule has 0 heterocycles. The van der Waals surface area contributed by atoms with Crippen LogP contribution in [0.4, 0.5) is 4.79 Å². The number of fused-ring (bicyclic) bond motifs is 3. The van der Waals surface area contributed by atoms with Gasteiger partial charge < -0.3 is 25.2 Å². The molecule has 2 aromatic carbocycles. The third-order valence-electron chi connectivity index (χ3n) is 5.93. The van der Waals surface area contributed by atoms with Gasteiger partial charge in [0, 0.05) is 19.4 Å². The van der Waals surface area contributed by atoms with Crippen LogP contribution in [0.15, 0.2) is 48.5 Å². The first-order valence-corrected chi connectivity index (χ1v) is 10.8. The molecule has 0 saturated carbocycles. The zero-order chi connectivity index (χ0) is 24.2. The van der Waals surface area contributed by atoms with Crippen LogP contribution in [-0.4, -0.2) is 54.5 Å². The van der Waals surface area contributed by atoms with E-state index >= 15 is 0 Å². The maximum absolute atomic E-state index is 12.5. The van der Waals surface area contributed by atoms with Crippen LogP contribution in [0, 0.1) is 0 Å². The van der Waals surface area contributed by atoms with Gasteiger partial charge in [-0.1, -0.05) is 48.5 Å². The summed E-state index contributed by atoms with van der Waals surface area (Å²) in [6, 6.07) is 13.9. The molecule has 0 saturated heterocycles. The average Bonchev–Trinajstić information content (AvgIpc) is 3.10. The highest BCUT2D eigenvalue weighted by atomic mass is 16.5. The second kappa shape index (κ2) is 10.0. The van der Waals surface area contributed by atoms with Crippen molar-refractivity contribution in [3.05, 3.63) is 59.7 Å². The third kappa shape index (κ3) is 5.70. The van der Waals surface area contributed by atoms with Crippen molar-refractivity contribution in [1.82, 2.24) is 10.6 Å². The third-order valence-corrected chi connectivity index (χ3v) is 5.93. The van der Waals surface area contributed by atoms with Gasteiger partial charge in [-0.05, 0) is 43.0 Å². The van der Waals surface area contributed by atoms with Gasteiger partial charge in [-0.25, -0.2) is 9.59 Å². The van der Waals surface area contributed by atoms with Crippen LogP contribution in [0.1, 0.15) is 44.2 Å². The van der Waals surface area contributed by atoms with Gasteiger partial charge in [0.2, 0.25) is 5.91 Å². The first-order valence-electron chi connectivity index (χ1n) is 10.8. The molecule has 0 aromatic heterocycles. The molecule has 2 aromatic rings. The van der Waals surface area contributed by atoms with Crippen molar-refractivity contribution in [2.24, 2.45) is 0 Å². The number of carboxylic acids is 1. The quantitative estimate of drug-likeness (QED) is 0.536. The van der Waals surface area contributed by atoms with E-state index in [0.717, 1.165) is 22.3 Å². The Balaban J connectivity index is 1.57. The van der Waals surface area contributed by atoms with E-state index in [1.807, 2.05) is 48.5 Å². The van der Waals surface area contributed by atoms with E-state index in [1.165, 1.54) is 14.0 Å². The lowest BCUT2D eigenvalue weighted by atomic mass is 9.98. The minimum absolute atomic E-state index is 0.0717. The van der Waals surface area contributed by atoms with E-state index in [9.17, 15) is 19.5 Å². The highest BCUT2D eigenvalue weighted by Gasteiger charge is 2.32. The first kappa shape index (κ1) is 24.3. The molecular weight excluding hydrogens is 424 g/mol. The molecule has 8 nitrogen and oxygen atoms in total. The van der Waals surface area contributed by atoms with Crippen LogP contribution in [0.25, 0.3) is 11.1 Å². The number of benzene rings is 2. The van der Waals surface area contributed by atoms with Crippen LogP contribution in [0.3, 0.4) is 0 Å². The van der Waals surface area contributed by atoms with Gasteiger partial charge in [0.25, 0.3) is 0 Å². The van der Waals surface area contributed by atoms with E-state index in [0.29, 0.717) is 0 Å². The lowest BCUT2D eigenvalue weighted by molar-refractivity contribution is -0.144. The first-order chi connectivity index (χ1) is 15.6. The summed E-state index contributed by atoms with van der Waals surface area (Å²) in [7, 11) is 1.47. The summed E-state index contributed by atoms with van der Waals surface area (Å²) in [6.07, 6.45) is -0.675. The Bertz CT molecular complexity index is 990. The minimum atomic E-state index is -1.18. The predicted octanol–water partition coefficient (Wildman–Crippen LogP) is 3.30. The molecule has 1 aliphatic rings. The zero-order valence-corrected chi connectivity index (χ0v) is 19.3. The Kier molecular flexibility index (Phi) is 7.38. The molecule has 0 fully saturated rings. The van der Waals surface area contributed by atoms with Crippen LogP contribution in [0.5, 0.6) is 0 Å². The summed E-state index contributed by atoms with van der Waals surface area (Å²) >= 11 is 0. The van der Waals surface area contributed by atoms with E-state index in [1.54, 1.807) is 13.8 Å². The molecule has 0 bridgehead atoms. The number of carbonyl (C=O) groups is 3. The number of amides is 2. The number of methoxy groups -OCH3 is 1. The van der Waals surface area contributed by atoms with Crippen molar-refractivity contribution in [2.75, 3.05) is 13.7 Å². The number of alkyl carbamates (subject to hydrolysis) is 1. The summed E-state index contributed by atoms with van der Waals surface area (Å²) < 4.78 is 10.7. The molecule has 1 aliphatic carbocycles. The number of aliphatic carboxylic acids is 1. The maximum Gasteiger partial charge on any atom is 0.407 e. The summed E-state index contributed by atoms with van der Waals surface area (Å²) in [5, 5.41) is 14.3. The van der Waals surface area contributed by atoms with Gasteiger partial charge in [-0.3, -0.25) is 4.79 Å². The lowest BCUT2D eigenvalue weighted by Gasteiger charge is -2.27. The fourth-order valence-corrected chi connectivity index (χ4v) is 3.95. The van der Waals surface area contributed by atoms with E-state index in [-0.39, 0.29) is 18.9 Å². The number of carbonyl (C=O) groups excluding carboxylic acids is 2. The Morgan fingerprint density at radius 3 is 2.06 bits per heavy atom. The van der Waals surface area contributed by atoms with Crippen molar-refractivity contribution in [2.45, 2.75) is 50.8 Å². The topological polar surface area (TPSA) is 114 Å². The van der Waals surface area contributed by atoms with Crippen molar-refractivity contribution < 1.29 is 29.0 Å². The molecule has 3 N–H and O–H groups in total. The molecule has 0 aliphatic heterocycles. The number of hydrogen-bond acceptors (Lipinski definition) is 5. The van der Waals surface area contributed by atoms with Gasteiger partial charge in [0.15, 0.2) is 0 Å². The van der Waals surface area contributed by atoms with Gasteiger partial charge in [-0.2, -0.15) is 0 Å². The fraction of sp³-hybridized carbons (Fsp3) is 0.400. The predicted molar refractivity (Wildman–Crippen MR) is 123 cm³/mol. The molecule has 8 heteroatoms.